The first-order chi connectivity index (χ1) is 13.2. The number of carboxylic acid groups (broad SMARTS) is 1. The highest BCUT2D eigenvalue weighted by Crippen LogP contribution is 2.57. The molecule has 0 spiro atoms. The van der Waals surface area contributed by atoms with E-state index in [4.69, 9.17) is 5.11 Å². The molecule has 5 atom stereocenters. The number of carbonyl (C=O) groups excluding carboxylic acids is 1. The van der Waals surface area contributed by atoms with Gasteiger partial charge in [0.15, 0.2) is 0 Å². The third kappa shape index (κ3) is 3.56. The van der Waals surface area contributed by atoms with Crippen LogP contribution in [0.25, 0.3) is 0 Å². The lowest BCUT2D eigenvalue weighted by atomic mass is 9.53. The van der Waals surface area contributed by atoms with Crippen molar-refractivity contribution >= 4 is 11.9 Å². The van der Waals surface area contributed by atoms with Gasteiger partial charge in [0.2, 0.25) is 5.91 Å². The maximum absolute atomic E-state index is 14.9. The summed E-state index contributed by atoms with van der Waals surface area (Å²) in [6.45, 7) is 3.82. The van der Waals surface area contributed by atoms with Crippen LogP contribution in [0.5, 0.6) is 0 Å². The minimum absolute atomic E-state index is 0.0201. The monoisotopic (exact) mass is 387 g/mol. The number of carbonyl (C=O) groups is 2. The molecule has 1 amide bonds. The van der Waals surface area contributed by atoms with Gasteiger partial charge in [-0.3, -0.25) is 9.59 Å². The molecule has 28 heavy (non-hydrogen) atoms. The van der Waals surface area contributed by atoms with Gasteiger partial charge in [-0.2, -0.15) is 0 Å². The van der Waals surface area contributed by atoms with Crippen molar-refractivity contribution in [1.82, 2.24) is 5.32 Å². The van der Waals surface area contributed by atoms with Gasteiger partial charge in [0.05, 0.1) is 5.41 Å². The van der Waals surface area contributed by atoms with Gasteiger partial charge >= 0.3 is 5.97 Å². The van der Waals surface area contributed by atoms with Crippen LogP contribution in [0.3, 0.4) is 0 Å². The van der Waals surface area contributed by atoms with E-state index in [0.717, 1.165) is 30.4 Å². The summed E-state index contributed by atoms with van der Waals surface area (Å²) in [6.07, 6.45) is 4.51. The van der Waals surface area contributed by atoms with Crippen LogP contribution < -0.4 is 5.32 Å². The summed E-state index contributed by atoms with van der Waals surface area (Å²) in [5.41, 5.74) is 0.0981. The molecule has 4 nitrogen and oxygen atoms in total. The molecule has 1 aromatic rings. The summed E-state index contributed by atoms with van der Waals surface area (Å²) in [5.74, 6) is 0.175. The molecule has 0 aromatic heterocycles. The van der Waals surface area contributed by atoms with Crippen molar-refractivity contribution in [2.75, 3.05) is 0 Å². The lowest BCUT2D eigenvalue weighted by Gasteiger charge is -2.57. The van der Waals surface area contributed by atoms with Crippen LogP contribution >= 0.6 is 0 Å². The first-order valence-electron chi connectivity index (χ1n) is 10.5. The van der Waals surface area contributed by atoms with E-state index in [9.17, 15) is 14.0 Å². The lowest BCUT2D eigenvalue weighted by molar-refractivity contribution is -0.137. The van der Waals surface area contributed by atoms with E-state index in [0.29, 0.717) is 25.2 Å². The van der Waals surface area contributed by atoms with E-state index in [1.54, 1.807) is 0 Å². The second kappa shape index (κ2) is 6.85. The molecule has 0 saturated heterocycles. The molecule has 0 radical (unpaired) electrons. The molecule has 5 heteroatoms. The first-order valence-corrected chi connectivity index (χ1v) is 10.5. The average Bonchev–Trinajstić information content (AvgIpc) is 2.61. The van der Waals surface area contributed by atoms with Crippen molar-refractivity contribution in [3.8, 4) is 0 Å². The number of amides is 1. The summed E-state index contributed by atoms with van der Waals surface area (Å²) >= 11 is 0. The summed E-state index contributed by atoms with van der Waals surface area (Å²) in [5, 5.41) is 12.2. The number of nitrogens with one attached hydrogen (secondary N) is 1. The van der Waals surface area contributed by atoms with E-state index in [1.807, 2.05) is 38.1 Å². The molecule has 3 unspecified atom stereocenters. The van der Waals surface area contributed by atoms with E-state index in [1.165, 1.54) is 0 Å². The highest BCUT2D eigenvalue weighted by molar-refractivity contribution is 5.87. The molecule has 1 aromatic carbocycles. The Morgan fingerprint density at radius 2 is 1.89 bits per heavy atom. The number of hydrogen-bond donors (Lipinski definition) is 2. The van der Waals surface area contributed by atoms with E-state index < -0.39 is 17.1 Å². The molecule has 152 valence electrons. The minimum atomic E-state index is -0.994. The molecule has 0 heterocycles. The SMILES string of the molecule is CC(C)(C(=O)NC1[C@@H]2CC3C[C@H]1CC(F)(C3)C2)c1cccc(CCC(=O)O)c1. The number of rotatable bonds is 6. The minimum Gasteiger partial charge on any atom is -0.481 e. The number of benzene rings is 1. The largest absolute Gasteiger partial charge is 0.481 e. The Labute approximate surface area is 165 Å². The summed E-state index contributed by atoms with van der Waals surface area (Å²) < 4.78 is 14.9. The average molecular weight is 387 g/mol. The zero-order valence-corrected chi connectivity index (χ0v) is 16.7. The lowest BCUT2D eigenvalue weighted by Crippen LogP contribution is -2.61. The van der Waals surface area contributed by atoms with E-state index >= 15 is 0 Å². The topological polar surface area (TPSA) is 66.4 Å². The van der Waals surface area contributed by atoms with Crippen molar-refractivity contribution < 1.29 is 19.1 Å². The van der Waals surface area contributed by atoms with Crippen LogP contribution in [0.15, 0.2) is 24.3 Å². The smallest absolute Gasteiger partial charge is 0.303 e. The van der Waals surface area contributed by atoms with Gasteiger partial charge in [-0.05, 0) is 81.3 Å². The number of alkyl halides is 1. The Morgan fingerprint density at radius 3 is 2.50 bits per heavy atom. The molecule has 4 fully saturated rings. The second-order valence-electron chi connectivity index (χ2n) is 9.84. The fourth-order valence-corrected chi connectivity index (χ4v) is 5.99. The summed E-state index contributed by atoms with van der Waals surface area (Å²) in [4.78, 5) is 24.1. The van der Waals surface area contributed by atoms with Gasteiger partial charge in [0.1, 0.15) is 5.67 Å². The van der Waals surface area contributed by atoms with Gasteiger partial charge in [-0.1, -0.05) is 24.3 Å². The second-order valence-corrected chi connectivity index (χ2v) is 9.84. The molecule has 5 rings (SSSR count). The Bertz CT molecular complexity index is 774. The van der Waals surface area contributed by atoms with E-state index in [-0.39, 0.29) is 30.2 Å². The third-order valence-corrected chi connectivity index (χ3v) is 7.34. The van der Waals surface area contributed by atoms with Crippen LogP contribution in [-0.2, 0) is 21.4 Å². The molecule has 0 aliphatic heterocycles. The number of aliphatic carboxylic acids is 1. The number of aryl methyl sites for hydroxylation is 1. The van der Waals surface area contributed by atoms with Crippen LogP contribution in [0, 0.1) is 17.8 Å². The van der Waals surface area contributed by atoms with Crippen LogP contribution in [-0.4, -0.2) is 28.7 Å². The molecule has 2 N–H and O–H groups in total. The molecule has 4 bridgehead atoms. The Balaban J connectivity index is 1.47. The van der Waals surface area contributed by atoms with Crippen molar-refractivity contribution in [2.45, 2.75) is 75.9 Å². The fraction of sp³-hybridized carbons (Fsp3) is 0.652. The van der Waals surface area contributed by atoms with Crippen LogP contribution in [0.2, 0.25) is 0 Å². The highest BCUT2D eigenvalue weighted by Gasteiger charge is 2.56. The van der Waals surface area contributed by atoms with Gasteiger partial charge in [-0.15, -0.1) is 0 Å². The Morgan fingerprint density at radius 1 is 1.21 bits per heavy atom. The predicted octanol–water partition coefficient (Wildman–Crippen LogP) is 4.01. The molecular weight excluding hydrogens is 357 g/mol. The van der Waals surface area contributed by atoms with Crippen LogP contribution in [0.1, 0.15) is 63.5 Å². The van der Waals surface area contributed by atoms with Crippen molar-refractivity contribution in [3.63, 3.8) is 0 Å². The zero-order chi connectivity index (χ0) is 20.1. The van der Waals surface area contributed by atoms with Gasteiger partial charge in [-0.25, -0.2) is 4.39 Å². The van der Waals surface area contributed by atoms with Crippen molar-refractivity contribution in [2.24, 2.45) is 17.8 Å². The quantitative estimate of drug-likeness (QED) is 0.775. The number of carboxylic acids is 1. The molecule has 4 saturated carbocycles. The standard InChI is InChI=1S/C23H30FNO3/c1-22(2,18-5-3-4-14(10-18)6-7-19(26)27)21(28)25-20-16-8-15-9-17(20)13-23(24,11-15)12-16/h3-5,10,15-17,20H,6-9,11-13H2,1-2H3,(H,25,28)(H,26,27)/t15?,16-,17+,20?,23?. The highest BCUT2D eigenvalue weighted by atomic mass is 19.1. The normalized spacial score (nSPS) is 33.7. The molecule has 4 aliphatic rings. The van der Waals surface area contributed by atoms with Crippen molar-refractivity contribution in [1.29, 1.82) is 0 Å². The first kappa shape index (κ1) is 19.4. The van der Waals surface area contributed by atoms with Gasteiger partial charge < -0.3 is 10.4 Å². The van der Waals surface area contributed by atoms with E-state index in [2.05, 4.69) is 5.32 Å². The summed E-state index contributed by atoms with van der Waals surface area (Å²) in [6, 6.07) is 7.74. The van der Waals surface area contributed by atoms with Gasteiger partial charge in [0, 0.05) is 12.5 Å². The number of hydrogen-bond acceptors (Lipinski definition) is 2. The summed E-state index contributed by atoms with van der Waals surface area (Å²) in [7, 11) is 0. The van der Waals surface area contributed by atoms with Crippen molar-refractivity contribution in [3.05, 3.63) is 35.4 Å². The molecular formula is C23H30FNO3. The maximum atomic E-state index is 14.9. The molecule has 4 aliphatic carbocycles. The van der Waals surface area contributed by atoms with Gasteiger partial charge in [0.25, 0.3) is 0 Å². The third-order valence-electron chi connectivity index (χ3n) is 7.34. The fourth-order valence-electron chi connectivity index (χ4n) is 5.99. The number of halogens is 1. The Hall–Kier alpha value is -1.91. The van der Waals surface area contributed by atoms with Crippen LogP contribution in [0.4, 0.5) is 4.39 Å². The maximum Gasteiger partial charge on any atom is 0.303 e. The zero-order valence-electron chi connectivity index (χ0n) is 16.7. The predicted molar refractivity (Wildman–Crippen MR) is 105 cm³/mol. The Kier molecular flexibility index (Phi) is 4.75.